The van der Waals surface area contributed by atoms with Crippen LogP contribution in [0.5, 0.6) is 0 Å². The summed E-state index contributed by atoms with van der Waals surface area (Å²) >= 11 is 0. The van der Waals surface area contributed by atoms with Crippen LogP contribution in [0.4, 0.5) is 0 Å². The summed E-state index contributed by atoms with van der Waals surface area (Å²) in [6, 6.07) is -0.0652. The third-order valence-electron chi connectivity index (χ3n) is 20.9. The van der Waals surface area contributed by atoms with Gasteiger partial charge >= 0.3 is 0 Å². The van der Waals surface area contributed by atoms with Crippen LogP contribution in [0.25, 0.3) is 0 Å². The van der Waals surface area contributed by atoms with Crippen molar-refractivity contribution in [2.75, 3.05) is 0 Å². The molecular weight excluding hydrogens is 947 g/mol. The largest absolute Gasteiger partial charge is 0.286 e. The Kier molecular flexibility index (Phi) is 14.9. The van der Waals surface area contributed by atoms with Gasteiger partial charge in [-0.2, -0.15) is 0 Å². The summed E-state index contributed by atoms with van der Waals surface area (Å²) in [6.45, 7) is 0. The van der Waals surface area contributed by atoms with Gasteiger partial charge in [-0.25, -0.2) is 39.4 Å². The quantitative estimate of drug-likeness (QED) is 0.159. The first-order chi connectivity index (χ1) is 33.9. The van der Waals surface area contributed by atoms with E-state index in [4.69, 9.17) is 0 Å². The second-order valence-electron chi connectivity index (χ2n) is 24.9. The zero-order valence-electron chi connectivity index (χ0n) is 41.7. The van der Waals surface area contributed by atoms with Gasteiger partial charge in [0.1, 0.15) is 0 Å². The molecule has 12 aliphatic rings. The molecule has 0 aromatic heterocycles. The van der Waals surface area contributed by atoms with Gasteiger partial charge in [0.05, 0.1) is 65.1 Å². The molecule has 398 valence electrons. The van der Waals surface area contributed by atoms with Crippen LogP contribution in [0.15, 0.2) is 0 Å². The van der Waals surface area contributed by atoms with Crippen molar-refractivity contribution in [1.82, 2.24) is 56.7 Å². The summed E-state index contributed by atoms with van der Waals surface area (Å²) in [4.78, 5) is 0. The van der Waals surface area contributed by atoms with E-state index in [9.17, 15) is 25.3 Å². The van der Waals surface area contributed by atoms with Crippen LogP contribution in [-0.4, -0.2) is 108 Å². The van der Waals surface area contributed by atoms with Crippen molar-refractivity contribution >= 4 is 30.1 Å². The molecule has 8 bridgehead atoms. The average molecular weight is 1040 g/mol. The monoisotopic (exact) mass is 1040 g/mol. The fourth-order valence-corrected chi connectivity index (χ4v) is 24.1. The van der Waals surface area contributed by atoms with Crippen molar-refractivity contribution in [3.63, 3.8) is 0 Å². The molecule has 7 saturated carbocycles. The molecule has 0 aromatic rings. The lowest BCUT2D eigenvalue weighted by atomic mass is 9.76. The highest BCUT2D eigenvalue weighted by Gasteiger charge is 2.60. The minimum absolute atomic E-state index is 0.00178. The molecule has 17 nitrogen and oxygen atoms in total. The Balaban J connectivity index is 0.909. The molecule has 12 rings (SSSR count). The maximum atomic E-state index is 14.9. The first kappa shape index (κ1) is 50.2. The summed E-state index contributed by atoms with van der Waals surface area (Å²) in [5.74, 6) is 0.112. The van der Waals surface area contributed by atoms with Gasteiger partial charge in [-0.3, -0.25) is 42.5 Å². The lowest BCUT2D eigenvalue weighted by molar-refractivity contribution is 0.169. The van der Waals surface area contributed by atoms with Gasteiger partial charge in [0.25, 0.3) is 0 Å². The minimum Gasteiger partial charge on any atom is -0.286 e. The van der Waals surface area contributed by atoms with E-state index >= 15 is 0 Å². The molecule has 5 heterocycles. The van der Waals surface area contributed by atoms with Gasteiger partial charge in [-0.1, -0.05) is 89.9 Å². The van der Waals surface area contributed by atoms with Gasteiger partial charge in [0.15, 0.2) is 0 Å². The third kappa shape index (κ3) is 9.89. The van der Waals surface area contributed by atoms with E-state index in [2.05, 4.69) is 56.7 Å². The smallest absolute Gasteiger partial charge is 0.215 e. The summed E-state index contributed by atoms with van der Waals surface area (Å²) in [6.07, 6.45) is 24.8. The van der Waals surface area contributed by atoms with E-state index in [0.29, 0.717) is 31.1 Å². The molecule has 70 heavy (non-hydrogen) atoms. The lowest BCUT2D eigenvalue weighted by Gasteiger charge is -2.41. The average Bonchev–Trinajstić information content (AvgIpc) is 4.10. The van der Waals surface area contributed by atoms with Gasteiger partial charge < -0.3 is 0 Å². The fraction of sp³-hybridized carbons (Fsp3) is 1.00. The first-order valence-electron chi connectivity index (χ1n) is 29.0. The molecule has 7 aliphatic carbocycles. The summed E-state index contributed by atoms with van der Waals surface area (Å²) in [5.41, 5.74) is 0. The van der Waals surface area contributed by atoms with Crippen molar-refractivity contribution in [3.05, 3.63) is 0 Å². The maximum absolute atomic E-state index is 14.9. The van der Waals surface area contributed by atoms with Gasteiger partial charge in [0, 0.05) is 35.9 Å². The zero-order valence-corrected chi connectivity index (χ0v) is 44.1. The molecular formula is C50H89N11O6S3. The van der Waals surface area contributed by atoms with Gasteiger partial charge in [0.2, 0.25) is 30.1 Å². The first-order valence-corrected chi connectivity index (χ1v) is 33.7. The van der Waals surface area contributed by atoms with Crippen molar-refractivity contribution in [3.8, 4) is 0 Å². The minimum atomic E-state index is -3.72. The van der Waals surface area contributed by atoms with Crippen molar-refractivity contribution in [2.24, 2.45) is 47.3 Å². The normalized spacial score (nSPS) is 46.7. The molecule has 12 fully saturated rings. The van der Waals surface area contributed by atoms with Crippen LogP contribution in [0.1, 0.15) is 180 Å². The Morgan fingerprint density at radius 3 is 0.757 bits per heavy atom. The molecule has 5 saturated heterocycles. The number of sulfonamides is 3. The van der Waals surface area contributed by atoms with Gasteiger partial charge in [-0.05, 0) is 119 Å². The molecule has 20 heteroatoms. The predicted molar refractivity (Wildman–Crippen MR) is 271 cm³/mol. The van der Waals surface area contributed by atoms with Crippen molar-refractivity contribution in [2.45, 2.75) is 263 Å². The fourth-order valence-electron chi connectivity index (χ4n) is 17.8. The van der Waals surface area contributed by atoms with Crippen LogP contribution in [-0.2, 0) is 30.1 Å². The van der Waals surface area contributed by atoms with E-state index in [0.717, 1.165) is 154 Å². The number of nitrogens with one attached hydrogen (secondary N) is 11. The Hall–Kier alpha value is -0.590. The molecule has 11 N–H and O–H groups in total. The number of hydrogen-bond donors (Lipinski definition) is 11. The van der Waals surface area contributed by atoms with Crippen LogP contribution < -0.4 is 56.7 Å². The molecule has 0 spiro atoms. The van der Waals surface area contributed by atoms with Crippen LogP contribution in [0.3, 0.4) is 0 Å². The topological polar surface area (TPSA) is 235 Å². The molecule has 5 aliphatic heterocycles. The lowest BCUT2D eigenvalue weighted by Crippen LogP contribution is -2.62. The van der Waals surface area contributed by atoms with E-state index in [1.165, 1.54) is 6.42 Å². The molecule has 0 radical (unpaired) electrons. The van der Waals surface area contributed by atoms with Crippen LogP contribution in [0, 0.1) is 47.3 Å². The Bertz CT molecular complexity index is 2110. The molecule has 0 amide bonds. The zero-order chi connectivity index (χ0) is 47.8. The Labute approximate surface area is 420 Å². The number of fused-ring (bicyclic) bond motifs is 20. The van der Waals surface area contributed by atoms with E-state index in [-0.39, 0.29) is 103 Å². The number of hydrogen-bond acceptors (Lipinski definition) is 14. The molecule has 19 atom stereocenters. The second kappa shape index (κ2) is 20.7. The van der Waals surface area contributed by atoms with E-state index in [1.54, 1.807) is 0 Å². The van der Waals surface area contributed by atoms with Gasteiger partial charge in [-0.15, -0.1) is 0 Å². The standard InChI is InChI=1S/C50H89N11O6S3/c62-68(63,59-29-15-4-1-5-16-29)37-26-12-23-34-40(37)49-54-45(34)52-43-32-21-10-11-22-33(32)44(51-43)53-48-41-35(24-13-27-38(41)69(64,65)60-30-17-6-2-7-18-30)46(55-48)57-50-42-36(47(56-49)58-50)25-14-28-39(42)70(66,67)61-31-19-8-3-9-20-31/h29-61H,1-28H2. The maximum Gasteiger partial charge on any atom is 0.215 e. The highest BCUT2D eigenvalue weighted by Crippen LogP contribution is 2.48. The summed E-state index contributed by atoms with van der Waals surface area (Å²) in [7, 11) is -11.0. The molecule has 0 aromatic carbocycles. The van der Waals surface area contributed by atoms with E-state index in [1.807, 2.05) is 0 Å². The summed E-state index contributed by atoms with van der Waals surface area (Å²) < 4.78 is 98.8. The SMILES string of the molecule is O=S(=O)(NC1CCCCC1)C1CCCC2C3NC(NC4NC(NC5NC(NC6NC(N3)C3C6CCCC3S(=O)(=O)NC3CCCCC3)C3C5CCCC3S(=O)(=O)NC3CCCCC3)C3CCCCC43)C21. The highest BCUT2D eigenvalue weighted by molar-refractivity contribution is 7.90. The predicted octanol–water partition coefficient (Wildman–Crippen LogP) is 3.30. The van der Waals surface area contributed by atoms with Crippen molar-refractivity contribution < 1.29 is 25.3 Å². The second-order valence-corrected chi connectivity index (χ2v) is 30.7. The number of rotatable bonds is 9. The Morgan fingerprint density at radius 1 is 0.243 bits per heavy atom. The highest BCUT2D eigenvalue weighted by atomic mass is 32.2. The molecule has 19 unspecified atom stereocenters. The Morgan fingerprint density at radius 2 is 0.471 bits per heavy atom. The summed E-state index contributed by atoms with van der Waals surface area (Å²) in [5, 5.41) is 30.9. The van der Waals surface area contributed by atoms with E-state index < -0.39 is 45.8 Å². The van der Waals surface area contributed by atoms with Crippen LogP contribution in [0.2, 0.25) is 0 Å². The van der Waals surface area contributed by atoms with Crippen molar-refractivity contribution in [1.29, 1.82) is 0 Å². The van der Waals surface area contributed by atoms with Crippen LogP contribution >= 0.6 is 0 Å². The third-order valence-corrected chi connectivity index (χ3v) is 26.9.